The Morgan fingerprint density at radius 2 is 1.68 bits per heavy atom. The molecule has 0 aliphatic carbocycles. The lowest BCUT2D eigenvalue weighted by Crippen LogP contribution is -2.15. The van der Waals surface area contributed by atoms with Crippen LogP contribution >= 0.6 is 0 Å². The van der Waals surface area contributed by atoms with Crippen LogP contribution in [-0.4, -0.2) is 24.7 Å². The summed E-state index contributed by atoms with van der Waals surface area (Å²) < 4.78 is 10.9. The molecule has 1 aromatic heterocycles. The Morgan fingerprint density at radius 3 is 2.42 bits per heavy atom. The van der Waals surface area contributed by atoms with Crippen LogP contribution in [-0.2, 0) is 9.53 Å². The molecule has 1 N–H and O–H groups in total. The molecule has 0 radical (unpaired) electrons. The van der Waals surface area contributed by atoms with Gasteiger partial charge in [-0.05, 0) is 66.8 Å². The fourth-order valence-corrected chi connectivity index (χ4v) is 4.43. The van der Waals surface area contributed by atoms with Crippen molar-refractivity contribution in [3.05, 3.63) is 96.2 Å². The van der Waals surface area contributed by atoms with Crippen LogP contribution in [0.15, 0.2) is 85.1 Å². The maximum atomic E-state index is 11.7. The van der Waals surface area contributed by atoms with Crippen LogP contribution in [0.5, 0.6) is 5.75 Å². The number of unbranched alkanes of at least 4 members (excludes halogenated alkanes) is 2. The highest BCUT2D eigenvalue weighted by molar-refractivity contribution is 5.93. The van der Waals surface area contributed by atoms with Gasteiger partial charge >= 0.3 is 5.97 Å². The third-order valence-electron chi connectivity index (χ3n) is 6.66. The predicted octanol–water partition coefficient (Wildman–Crippen LogP) is 8.29. The fourth-order valence-electron chi connectivity index (χ4n) is 4.43. The Morgan fingerprint density at radius 1 is 0.921 bits per heavy atom. The van der Waals surface area contributed by atoms with Gasteiger partial charge < -0.3 is 14.8 Å². The van der Waals surface area contributed by atoms with Crippen molar-refractivity contribution in [2.24, 2.45) is 5.92 Å². The molecular formula is C33H36N2O3. The molecule has 4 rings (SSSR count). The standard InChI is InChI=1S/C33H36N2O3/c1-3-27(33(36)37-2)12-8-5-9-23-38-29-19-20-31-30(24-29)32(21-22-34-31)35-28-17-15-26(16-18-28)14-13-25-10-6-4-7-11-25/h4,6-7,10-11,13-22,24,27H,3,5,8-9,12,23H2,1-2H3,(H,34,35)/b14-13+. The number of carbonyl (C=O) groups is 1. The molecule has 196 valence electrons. The number of esters is 1. The third kappa shape index (κ3) is 7.69. The molecule has 3 aromatic carbocycles. The van der Waals surface area contributed by atoms with Crippen LogP contribution in [0.1, 0.15) is 50.2 Å². The van der Waals surface area contributed by atoms with Crippen LogP contribution in [0.3, 0.4) is 0 Å². The number of hydrogen-bond donors (Lipinski definition) is 1. The molecule has 0 bridgehead atoms. The van der Waals surface area contributed by atoms with Gasteiger partial charge in [0.1, 0.15) is 5.75 Å². The molecule has 1 atom stereocenters. The number of hydrogen-bond acceptors (Lipinski definition) is 5. The minimum absolute atomic E-state index is 0.00165. The summed E-state index contributed by atoms with van der Waals surface area (Å²) in [5.74, 6) is 0.728. The van der Waals surface area contributed by atoms with Gasteiger partial charge in [0.05, 0.1) is 25.2 Å². The van der Waals surface area contributed by atoms with Crippen molar-refractivity contribution >= 4 is 40.4 Å². The maximum Gasteiger partial charge on any atom is 0.308 e. The number of carbonyl (C=O) groups excluding carboxylic acids is 1. The number of ether oxygens (including phenoxy) is 2. The third-order valence-corrected chi connectivity index (χ3v) is 6.66. The van der Waals surface area contributed by atoms with Gasteiger partial charge in [-0.1, -0.05) is 74.4 Å². The van der Waals surface area contributed by atoms with Crippen LogP contribution in [0.2, 0.25) is 0 Å². The van der Waals surface area contributed by atoms with Gasteiger partial charge in [-0.25, -0.2) is 0 Å². The second kappa shape index (κ2) is 14.0. The number of anilines is 2. The van der Waals surface area contributed by atoms with Gasteiger partial charge in [0, 0.05) is 23.0 Å². The quantitative estimate of drug-likeness (QED) is 0.112. The van der Waals surface area contributed by atoms with E-state index in [0.29, 0.717) is 6.61 Å². The minimum Gasteiger partial charge on any atom is -0.494 e. The molecule has 5 heteroatoms. The van der Waals surface area contributed by atoms with E-state index in [2.05, 4.69) is 58.9 Å². The van der Waals surface area contributed by atoms with Crippen LogP contribution in [0, 0.1) is 5.92 Å². The molecular weight excluding hydrogens is 472 g/mol. The van der Waals surface area contributed by atoms with E-state index in [4.69, 9.17) is 9.47 Å². The first kappa shape index (κ1) is 26.9. The molecule has 0 spiro atoms. The Hall–Kier alpha value is -4.12. The Kier molecular flexibility index (Phi) is 9.91. The minimum atomic E-state index is -0.103. The van der Waals surface area contributed by atoms with E-state index in [1.54, 1.807) is 0 Å². The van der Waals surface area contributed by atoms with Gasteiger partial charge in [0.2, 0.25) is 0 Å². The monoisotopic (exact) mass is 508 g/mol. The first-order valence-corrected chi connectivity index (χ1v) is 13.4. The number of nitrogens with zero attached hydrogens (tertiary/aromatic N) is 1. The summed E-state index contributed by atoms with van der Waals surface area (Å²) in [5.41, 5.74) is 5.24. The zero-order valence-corrected chi connectivity index (χ0v) is 22.2. The molecule has 5 nitrogen and oxygen atoms in total. The topological polar surface area (TPSA) is 60.5 Å². The van der Waals surface area contributed by atoms with E-state index in [1.807, 2.05) is 55.6 Å². The smallest absolute Gasteiger partial charge is 0.308 e. The van der Waals surface area contributed by atoms with E-state index >= 15 is 0 Å². The number of fused-ring (bicyclic) bond motifs is 1. The van der Waals surface area contributed by atoms with Crippen molar-refractivity contribution < 1.29 is 14.3 Å². The molecule has 0 aliphatic heterocycles. The molecule has 0 fully saturated rings. The summed E-state index contributed by atoms with van der Waals surface area (Å²) in [6, 6.07) is 26.7. The van der Waals surface area contributed by atoms with Gasteiger partial charge in [-0.2, -0.15) is 0 Å². The molecule has 0 aliphatic rings. The number of aromatic nitrogens is 1. The molecule has 0 saturated heterocycles. The average molecular weight is 509 g/mol. The van der Waals surface area contributed by atoms with E-state index in [1.165, 1.54) is 12.7 Å². The number of pyridine rings is 1. The van der Waals surface area contributed by atoms with Gasteiger partial charge in [0.15, 0.2) is 0 Å². The largest absolute Gasteiger partial charge is 0.494 e. The first-order valence-electron chi connectivity index (χ1n) is 13.4. The van der Waals surface area contributed by atoms with E-state index in [9.17, 15) is 4.79 Å². The first-order chi connectivity index (χ1) is 18.7. The summed E-state index contributed by atoms with van der Waals surface area (Å²) in [7, 11) is 1.46. The number of methoxy groups -OCH3 is 1. The fraction of sp³-hybridized carbons (Fsp3) is 0.273. The van der Waals surface area contributed by atoms with Crippen molar-refractivity contribution in [1.29, 1.82) is 0 Å². The zero-order valence-electron chi connectivity index (χ0n) is 22.2. The summed E-state index contributed by atoms with van der Waals surface area (Å²) in [5, 5.41) is 4.55. The van der Waals surface area contributed by atoms with Crippen molar-refractivity contribution in [3.63, 3.8) is 0 Å². The van der Waals surface area contributed by atoms with Crippen LogP contribution in [0.4, 0.5) is 11.4 Å². The molecule has 4 aromatic rings. The summed E-state index contributed by atoms with van der Waals surface area (Å²) in [4.78, 5) is 16.2. The van der Waals surface area contributed by atoms with E-state index in [-0.39, 0.29) is 11.9 Å². The average Bonchev–Trinajstić information content (AvgIpc) is 2.97. The summed E-state index contributed by atoms with van der Waals surface area (Å²) in [6.45, 7) is 2.67. The Balaban J connectivity index is 1.32. The molecule has 1 unspecified atom stereocenters. The molecule has 0 amide bonds. The second-order valence-electron chi connectivity index (χ2n) is 9.35. The number of rotatable bonds is 13. The normalized spacial score (nSPS) is 11.9. The number of benzene rings is 3. The van der Waals surface area contributed by atoms with Crippen LogP contribution in [0.25, 0.3) is 23.1 Å². The zero-order chi connectivity index (χ0) is 26.6. The lowest BCUT2D eigenvalue weighted by molar-refractivity contribution is -0.145. The highest BCUT2D eigenvalue weighted by atomic mass is 16.5. The van der Waals surface area contributed by atoms with Crippen molar-refractivity contribution in [3.8, 4) is 5.75 Å². The SMILES string of the molecule is CCC(CCCCCOc1ccc2nccc(Nc3ccc(/C=C/c4ccccc4)cc3)c2c1)C(=O)OC. The maximum absolute atomic E-state index is 11.7. The summed E-state index contributed by atoms with van der Waals surface area (Å²) in [6.07, 6.45) is 10.7. The molecule has 0 saturated carbocycles. The van der Waals surface area contributed by atoms with Crippen molar-refractivity contribution in [1.82, 2.24) is 4.98 Å². The van der Waals surface area contributed by atoms with Gasteiger partial charge in [-0.15, -0.1) is 0 Å². The second-order valence-corrected chi connectivity index (χ2v) is 9.35. The van der Waals surface area contributed by atoms with E-state index in [0.717, 1.165) is 65.7 Å². The lowest BCUT2D eigenvalue weighted by Gasteiger charge is -2.13. The van der Waals surface area contributed by atoms with E-state index < -0.39 is 0 Å². The highest BCUT2D eigenvalue weighted by Gasteiger charge is 2.15. The van der Waals surface area contributed by atoms with Crippen molar-refractivity contribution in [2.75, 3.05) is 19.0 Å². The summed E-state index contributed by atoms with van der Waals surface area (Å²) >= 11 is 0. The van der Waals surface area contributed by atoms with Crippen LogP contribution < -0.4 is 10.1 Å². The van der Waals surface area contributed by atoms with Crippen molar-refractivity contribution in [2.45, 2.75) is 39.0 Å². The highest BCUT2D eigenvalue weighted by Crippen LogP contribution is 2.29. The molecule has 1 heterocycles. The Labute approximate surface area is 225 Å². The molecule has 38 heavy (non-hydrogen) atoms. The van der Waals surface area contributed by atoms with Gasteiger partial charge in [0.25, 0.3) is 0 Å². The predicted molar refractivity (Wildman–Crippen MR) is 157 cm³/mol. The van der Waals surface area contributed by atoms with Gasteiger partial charge in [-0.3, -0.25) is 9.78 Å². The lowest BCUT2D eigenvalue weighted by atomic mass is 9.99. The Bertz CT molecular complexity index is 1330. The number of nitrogens with one attached hydrogen (secondary N) is 1.